The van der Waals surface area contributed by atoms with Gasteiger partial charge in [0.1, 0.15) is 15.6 Å². The van der Waals surface area contributed by atoms with Gasteiger partial charge in [0.2, 0.25) is 5.91 Å². The van der Waals surface area contributed by atoms with Gasteiger partial charge in [-0.15, -0.1) is 0 Å². The van der Waals surface area contributed by atoms with Gasteiger partial charge in [-0.2, -0.15) is 0 Å². The summed E-state index contributed by atoms with van der Waals surface area (Å²) in [5, 5.41) is 16.5. The van der Waals surface area contributed by atoms with E-state index in [-0.39, 0.29) is 30.4 Å². The van der Waals surface area contributed by atoms with Crippen molar-refractivity contribution in [1.29, 1.82) is 0 Å². The zero-order chi connectivity index (χ0) is 21.0. The number of aromatic nitrogens is 1. The lowest BCUT2D eigenvalue weighted by Crippen LogP contribution is -2.29. The molecule has 0 aliphatic heterocycles. The van der Waals surface area contributed by atoms with Gasteiger partial charge < -0.3 is 15.7 Å². The second kappa shape index (κ2) is 8.48. The van der Waals surface area contributed by atoms with Crippen molar-refractivity contribution in [2.24, 2.45) is 0 Å². The molecule has 1 aromatic heterocycles. The average Bonchev–Trinajstić information content (AvgIpc) is 2.64. The SMILES string of the molecule is Cc1ccc(O)cc1Nc1ccnc2ccc(CC(=O)NCCS(C)(=O)=O)cc12. The summed E-state index contributed by atoms with van der Waals surface area (Å²) in [7, 11) is -3.11. The van der Waals surface area contributed by atoms with Crippen LogP contribution in [0.25, 0.3) is 10.9 Å². The van der Waals surface area contributed by atoms with Crippen LogP contribution >= 0.6 is 0 Å². The second-order valence-corrected chi connectivity index (χ2v) is 9.25. The van der Waals surface area contributed by atoms with Crippen LogP contribution in [0.1, 0.15) is 11.1 Å². The second-order valence-electron chi connectivity index (χ2n) is 6.99. The number of carbonyl (C=O) groups excluding carboxylic acids is 1. The van der Waals surface area contributed by atoms with Crippen molar-refractivity contribution in [3.63, 3.8) is 0 Å². The van der Waals surface area contributed by atoms with E-state index in [2.05, 4.69) is 15.6 Å². The predicted molar refractivity (Wildman–Crippen MR) is 114 cm³/mol. The van der Waals surface area contributed by atoms with Crippen LogP contribution in [0.3, 0.4) is 0 Å². The van der Waals surface area contributed by atoms with E-state index in [4.69, 9.17) is 0 Å². The van der Waals surface area contributed by atoms with Gasteiger partial charge in [0, 0.05) is 41.8 Å². The van der Waals surface area contributed by atoms with Crippen molar-refractivity contribution >= 4 is 38.0 Å². The number of hydrogen-bond donors (Lipinski definition) is 3. The number of aryl methyl sites for hydroxylation is 1. The monoisotopic (exact) mass is 413 g/mol. The summed E-state index contributed by atoms with van der Waals surface area (Å²) in [6.45, 7) is 2.04. The third-order valence-electron chi connectivity index (χ3n) is 4.46. The van der Waals surface area contributed by atoms with Crippen LogP contribution in [0.4, 0.5) is 11.4 Å². The number of phenols is 1. The third kappa shape index (κ3) is 5.68. The van der Waals surface area contributed by atoms with E-state index in [1.54, 1.807) is 18.3 Å². The molecule has 152 valence electrons. The number of pyridine rings is 1. The molecule has 0 unspecified atom stereocenters. The lowest BCUT2D eigenvalue weighted by molar-refractivity contribution is -0.120. The van der Waals surface area contributed by atoms with Crippen LogP contribution in [0.15, 0.2) is 48.7 Å². The number of rotatable bonds is 7. The topological polar surface area (TPSA) is 108 Å². The maximum atomic E-state index is 12.1. The molecule has 1 amide bonds. The lowest BCUT2D eigenvalue weighted by atomic mass is 10.1. The number of carbonyl (C=O) groups is 1. The fourth-order valence-electron chi connectivity index (χ4n) is 2.93. The zero-order valence-corrected chi connectivity index (χ0v) is 17.1. The molecule has 29 heavy (non-hydrogen) atoms. The molecule has 8 heteroatoms. The highest BCUT2D eigenvalue weighted by Crippen LogP contribution is 2.29. The molecular formula is C21H23N3O4S. The fraction of sp³-hybridized carbons (Fsp3) is 0.238. The van der Waals surface area contributed by atoms with Crippen molar-refractivity contribution in [2.45, 2.75) is 13.3 Å². The van der Waals surface area contributed by atoms with E-state index in [0.717, 1.165) is 39.7 Å². The Balaban J connectivity index is 1.80. The highest BCUT2D eigenvalue weighted by Gasteiger charge is 2.09. The number of benzene rings is 2. The first-order valence-electron chi connectivity index (χ1n) is 9.10. The first kappa shape index (κ1) is 20.6. The Morgan fingerprint density at radius 3 is 2.66 bits per heavy atom. The van der Waals surface area contributed by atoms with Crippen LogP contribution in [0, 0.1) is 6.92 Å². The van der Waals surface area contributed by atoms with E-state index < -0.39 is 9.84 Å². The molecule has 7 nitrogen and oxygen atoms in total. The average molecular weight is 413 g/mol. The van der Waals surface area contributed by atoms with Crippen molar-refractivity contribution < 1.29 is 18.3 Å². The number of aromatic hydroxyl groups is 1. The van der Waals surface area contributed by atoms with Gasteiger partial charge in [0.25, 0.3) is 0 Å². The highest BCUT2D eigenvalue weighted by atomic mass is 32.2. The molecule has 1 heterocycles. The van der Waals surface area contributed by atoms with Gasteiger partial charge in [-0.1, -0.05) is 12.1 Å². The van der Waals surface area contributed by atoms with Gasteiger partial charge in [-0.05, 0) is 42.3 Å². The number of phenolic OH excluding ortho intramolecular Hbond substituents is 1. The number of hydrogen-bond acceptors (Lipinski definition) is 6. The molecule has 3 rings (SSSR count). The number of anilines is 2. The summed E-state index contributed by atoms with van der Waals surface area (Å²) in [5.74, 6) is -0.157. The van der Waals surface area contributed by atoms with E-state index in [1.165, 1.54) is 0 Å². The van der Waals surface area contributed by atoms with Crippen LogP contribution in [0.5, 0.6) is 5.75 Å². The quantitative estimate of drug-likeness (QED) is 0.550. The van der Waals surface area contributed by atoms with E-state index in [0.29, 0.717) is 0 Å². The minimum absolute atomic E-state index is 0.0856. The molecule has 0 saturated heterocycles. The van der Waals surface area contributed by atoms with Gasteiger partial charge in [0.05, 0.1) is 17.7 Å². The minimum atomic E-state index is -3.11. The van der Waals surface area contributed by atoms with Crippen LogP contribution < -0.4 is 10.6 Å². The molecule has 0 radical (unpaired) electrons. The molecule has 0 aliphatic rings. The summed E-state index contributed by atoms with van der Waals surface area (Å²) in [6.07, 6.45) is 2.97. The Morgan fingerprint density at radius 2 is 1.90 bits per heavy atom. The molecule has 0 spiro atoms. The largest absolute Gasteiger partial charge is 0.508 e. The predicted octanol–water partition coefficient (Wildman–Crippen LogP) is 2.70. The fourth-order valence-corrected chi connectivity index (χ4v) is 3.40. The van der Waals surface area contributed by atoms with Crippen LogP contribution in [0.2, 0.25) is 0 Å². The molecule has 3 aromatic rings. The van der Waals surface area contributed by atoms with Crippen LogP contribution in [-0.4, -0.2) is 43.0 Å². The zero-order valence-electron chi connectivity index (χ0n) is 16.3. The standard InChI is InChI=1S/C21H23N3O4S/c1-14-3-5-16(25)13-20(14)24-19-7-8-22-18-6-4-15(11-17(18)19)12-21(26)23-9-10-29(2,27)28/h3-8,11,13,25H,9-10,12H2,1-2H3,(H,22,24)(H,23,26). The Bertz CT molecular complexity index is 1160. The number of sulfone groups is 1. The normalized spacial score (nSPS) is 11.4. The van der Waals surface area contributed by atoms with E-state index >= 15 is 0 Å². The van der Waals surface area contributed by atoms with E-state index in [9.17, 15) is 18.3 Å². The number of fused-ring (bicyclic) bond motifs is 1. The number of amides is 1. The molecule has 0 saturated carbocycles. The first-order chi connectivity index (χ1) is 13.7. The summed E-state index contributed by atoms with van der Waals surface area (Å²) in [5.41, 5.74) is 4.13. The Kier molecular flexibility index (Phi) is 6.03. The van der Waals surface area contributed by atoms with Crippen molar-refractivity contribution in [3.8, 4) is 5.75 Å². The molecular weight excluding hydrogens is 390 g/mol. The smallest absolute Gasteiger partial charge is 0.224 e. The van der Waals surface area contributed by atoms with E-state index in [1.807, 2.05) is 37.3 Å². The maximum absolute atomic E-state index is 12.1. The van der Waals surface area contributed by atoms with Crippen molar-refractivity contribution in [1.82, 2.24) is 10.3 Å². The minimum Gasteiger partial charge on any atom is -0.508 e. The van der Waals surface area contributed by atoms with Gasteiger partial charge in [0.15, 0.2) is 0 Å². The Morgan fingerprint density at radius 1 is 1.10 bits per heavy atom. The highest BCUT2D eigenvalue weighted by molar-refractivity contribution is 7.90. The summed E-state index contributed by atoms with van der Waals surface area (Å²) in [4.78, 5) is 16.5. The van der Waals surface area contributed by atoms with Crippen molar-refractivity contribution in [2.75, 3.05) is 23.9 Å². The Hall–Kier alpha value is -3.13. The summed E-state index contributed by atoms with van der Waals surface area (Å²) >= 11 is 0. The van der Waals surface area contributed by atoms with Gasteiger partial charge in [-0.25, -0.2) is 8.42 Å². The summed E-state index contributed by atoms with van der Waals surface area (Å²) < 4.78 is 22.3. The molecule has 0 bridgehead atoms. The van der Waals surface area contributed by atoms with Gasteiger partial charge >= 0.3 is 0 Å². The molecule has 0 atom stereocenters. The molecule has 2 aromatic carbocycles. The maximum Gasteiger partial charge on any atom is 0.224 e. The first-order valence-corrected chi connectivity index (χ1v) is 11.2. The van der Waals surface area contributed by atoms with Gasteiger partial charge in [-0.3, -0.25) is 9.78 Å². The molecule has 3 N–H and O–H groups in total. The van der Waals surface area contributed by atoms with Crippen LogP contribution in [-0.2, 0) is 21.1 Å². The lowest BCUT2D eigenvalue weighted by Gasteiger charge is -2.13. The van der Waals surface area contributed by atoms with Crippen molar-refractivity contribution in [3.05, 3.63) is 59.8 Å². The molecule has 0 aliphatic carbocycles. The number of nitrogens with one attached hydrogen (secondary N) is 2. The Labute approximate surface area is 169 Å². The number of nitrogens with zero attached hydrogens (tertiary/aromatic N) is 1. The summed E-state index contributed by atoms with van der Waals surface area (Å²) in [6, 6.07) is 12.5. The molecule has 0 fully saturated rings. The third-order valence-corrected chi connectivity index (χ3v) is 5.40.